The van der Waals surface area contributed by atoms with Crippen LogP contribution >= 0.6 is 0 Å². The van der Waals surface area contributed by atoms with Gasteiger partial charge in [0.2, 0.25) is 5.91 Å². The van der Waals surface area contributed by atoms with Gasteiger partial charge >= 0.3 is 5.97 Å². The Hall–Kier alpha value is -1.50. The molecule has 1 unspecified atom stereocenters. The number of likely N-dealkylation sites (tertiary alicyclic amines) is 1. The zero-order valence-corrected chi connectivity index (χ0v) is 11.5. The van der Waals surface area contributed by atoms with E-state index >= 15 is 0 Å². The molecule has 1 amide bonds. The van der Waals surface area contributed by atoms with E-state index in [9.17, 15) is 9.59 Å². The largest absolute Gasteiger partial charge is 0.458 e. The number of hydrogen-bond donors (Lipinski definition) is 0. The van der Waals surface area contributed by atoms with E-state index in [0.29, 0.717) is 19.4 Å². The van der Waals surface area contributed by atoms with Gasteiger partial charge < -0.3 is 9.64 Å². The van der Waals surface area contributed by atoms with Crippen LogP contribution in [0, 0.1) is 18.3 Å². The van der Waals surface area contributed by atoms with E-state index in [-0.39, 0.29) is 17.8 Å². The Kier molecular flexibility index (Phi) is 4.39. The Morgan fingerprint density at radius 1 is 1.61 bits per heavy atom. The second kappa shape index (κ2) is 5.43. The minimum absolute atomic E-state index is 0.0596. The van der Waals surface area contributed by atoms with Crippen molar-refractivity contribution in [2.24, 2.45) is 5.92 Å². The van der Waals surface area contributed by atoms with Crippen molar-refractivity contribution in [3.8, 4) is 12.3 Å². The van der Waals surface area contributed by atoms with Gasteiger partial charge in [-0.2, -0.15) is 0 Å². The van der Waals surface area contributed by atoms with Crippen LogP contribution in [0.25, 0.3) is 0 Å². The molecule has 1 saturated heterocycles. The van der Waals surface area contributed by atoms with Gasteiger partial charge in [-0.25, -0.2) is 4.79 Å². The van der Waals surface area contributed by atoms with Crippen molar-refractivity contribution in [1.82, 2.24) is 4.90 Å². The maximum Gasteiger partial charge on any atom is 0.329 e. The summed E-state index contributed by atoms with van der Waals surface area (Å²) in [5, 5.41) is 0. The van der Waals surface area contributed by atoms with Crippen molar-refractivity contribution >= 4 is 11.9 Å². The van der Waals surface area contributed by atoms with Crippen molar-refractivity contribution < 1.29 is 14.3 Å². The number of ether oxygens (including phenoxy) is 1. The summed E-state index contributed by atoms with van der Waals surface area (Å²) in [6, 6.07) is -0.518. The topological polar surface area (TPSA) is 46.6 Å². The molecule has 1 aliphatic heterocycles. The number of nitrogens with zero attached hydrogens (tertiary/aromatic N) is 1. The highest BCUT2D eigenvalue weighted by atomic mass is 16.6. The standard InChI is InChI=1S/C14H21NO3/c1-6-10-8-12(16)15(9-10)11(7-2)13(17)18-14(3,4)5/h1,10-11H,7-9H2,2-5H3/t10-,11?/m1/s1. The van der Waals surface area contributed by atoms with Gasteiger partial charge in [0.25, 0.3) is 0 Å². The lowest BCUT2D eigenvalue weighted by molar-refractivity contribution is -0.163. The first-order chi connectivity index (χ1) is 8.28. The van der Waals surface area contributed by atoms with Crippen LogP contribution in [0.5, 0.6) is 0 Å². The molecule has 2 atom stereocenters. The maximum absolute atomic E-state index is 12.0. The Morgan fingerprint density at radius 2 is 2.22 bits per heavy atom. The summed E-state index contributed by atoms with van der Waals surface area (Å²) >= 11 is 0. The van der Waals surface area contributed by atoms with E-state index in [0.717, 1.165) is 0 Å². The molecule has 1 rings (SSSR count). The average molecular weight is 251 g/mol. The van der Waals surface area contributed by atoms with Crippen LogP contribution in [-0.2, 0) is 14.3 Å². The fraction of sp³-hybridized carbons (Fsp3) is 0.714. The van der Waals surface area contributed by atoms with Crippen molar-refractivity contribution in [2.75, 3.05) is 6.54 Å². The van der Waals surface area contributed by atoms with Gasteiger partial charge in [-0.05, 0) is 27.2 Å². The summed E-state index contributed by atoms with van der Waals surface area (Å²) in [5.74, 6) is 2.08. The lowest BCUT2D eigenvalue weighted by atomic mass is 10.1. The van der Waals surface area contributed by atoms with E-state index in [1.54, 1.807) is 4.90 Å². The van der Waals surface area contributed by atoms with Gasteiger partial charge in [-0.3, -0.25) is 4.79 Å². The Labute approximate surface area is 109 Å². The minimum atomic E-state index is -0.543. The second-order valence-electron chi connectivity index (χ2n) is 5.57. The molecule has 1 aliphatic rings. The number of esters is 1. The maximum atomic E-state index is 12.0. The number of amides is 1. The van der Waals surface area contributed by atoms with E-state index in [1.807, 2.05) is 27.7 Å². The van der Waals surface area contributed by atoms with Gasteiger partial charge in [0.15, 0.2) is 0 Å². The number of carbonyl (C=O) groups excluding carboxylic acids is 2. The molecule has 0 radical (unpaired) electrons. The summed E-state index contributed by atoms with van der Waals surface area (Å²) in [6.07, 6.45) is 6.20. The molecule has 0 aromatic heterocycles. The third-order valence-corrected chi connectivity index (χ3v) is 2.84. The average Bonchev–Trinajstić information content (AvgIpc) is 2.59. The molecule has 100 valence electrons. The third kappa shape index (κ3) is 3.49. The smallest absolute Gasteiger partial charge is 0.329 e. The first-order valence-corrected chi connectivity index (χ1v) is 6.27. The molecular formula is C14H21NO3. The molecule has 18 heavy (non-hydrogen) atoms. The summed E-state index contributed by atoms with van der Waals surface area (Å²) in [4.78, 5) is 25.4. The molecule has 0 aromatic rings. The molecule has 1 fully saturated rings. The van der Waals surface area contributed by atoms with Crippen LogP contribution in [0.1, 0.15) is 40.5 Å². The van der Waals surface area contributed by atoms with Crippen molar-refractivity contribution in [3.63, 3.8) is 0 Å². The summed E-state index contributed by atoms with van der Waals surface area (Å²) in [7, 11) is 0. The molecule has 0 bridgehead atoms. The van der Waals surface area contributed by atoms with Crippen LogP contribution in [0.2, 0.25) is 0 Å². The highest BCUT2D eigenvalue weighted by molar-refractivity contribution is 5.86. The van der Waals surface area contributed by atoms with Crippen LogP contribution in [-0.4, -0.2) is 35.0 Å². The van der Waals surface area contributed by atoms with Crippen molar-refractivity contribution in [1.29, 1.82) is 0 Å². The molecule has 4 nitrogen and oxygen atoms in total. The van der Waals surface area contributed by atoms with Crippen LogP contribution in [0.15, 0.2) is 0 Å². The molecular weight excluding hydrogens is 230 g/mol. The summed E-state index contributed by atoms with van der Waals surface area (Å²) in [5.41, 5.74) is -0.543. The van der Waals surface area contributed by atoms with Crippen LogP contribution in [0.3, 0.4) is 0 Å². The first-order valence-electron chi connectivity index (χ1n) is 6.27. The Morgan fingerprint density at radius 3 is 2.61 bits per heavy atom. The second-order valence-corrected chi connectivity index (χ2v) is 5.57. The molecule has 0 spiro atoms. The zero-order valence-electron chi connectivity index (χ0n) is 11.5. The SMILES string of the molecule is C#C[C@@H]1CC(=O)N(C(CC)C(=O)OC(C)(C)C)C1. The number of terminal acetylenes is 1. The highest BCUT2D eigenvalue weighted by Gasteiger charge is 2.37. The van der Waals surface area contributed by atoms with E-state index < -0.39 is 11.6 Å². The van der Waals surface area contributed by atoms with Crippen LogP contribution in [0.4, 0.5) is 0 Å². The predicted molar refractivity (Wildman–Crippen MR) is 68.6 cm³/mol. The molecule has 1 heterocycles. The molecule has 4 heteroatoms. The number of carbonyl (C=O) groups is 2. The fourth-order valence-corrected chi connectivity index (χ4v) is 2.03. The van der Waals surface area contributed by atoms with Gasteiger partial charge in [0, 0.05) is 18.9 Å². The molecule has 0 aliphatic carbocycles. The molecule has 0 saturated carbocycles. The summed E-state index contributed by atoms with van der Waals surface area (Å²) in [6.45, 7) is 7.76. The summed E-state index contributed by atoms with van der Waals surface area (Å²) < 4.78 is 5.34. The Balaban J connectivity index is 2.76. The highest BCUT2D eigenvalue weighted by Crippen LogP contribution is 2.22. The van der Waals surface area contributed by atoms with E-state index in [1.165, 1.54) is 0 Å². The predicted octanol–water partition coefficient (Wildman–Crippen LogP) is 1.59. The number of hydrogen-bond acceptors (Lipinski definition) is 3. The van der Waals surface area contributed by atoms with Crippen molar-refractivity contribution in [2.45, 2.75) is 52.2 Å². The van der Waals surface area contributed by atoms with Crippen LogP contribution < -0.4 is 0 Å². The lowest BCUT2D eigenvalue weighted by Gasteiger charge is -2.29. The number of rotatable bonds is 3. The quantitative estimate of drug-likeness (QED) is 0.565. The van der Waals surface area contributed by atoms with Gasteiger partial charge in [-0.15, -0.1) is 12.3 Å². The molecule has 0 aromatic carbocycles. The monoisotopic (exact) mass is 251 g/mol. The van der Waals surface area contributed by atoms with Gasteiger partial charge in [0.1, 0.15) is 11.6 Å². The lowest BCUT2D eigenvalue weighted by Crippen LogP contribution is -2.44. The first kappa shape index (κ1) is 14.6. The van der Waals surface area contributed by atoms with Gasteiger partial charge in [-0.1, -0.05) is 6.92 Å². The van der Waals surface area contributed by atoms with E-state index in [2.05, 4.69) is 5.92 Å². The minimum Gasteiger partial charge on any atom is -0.458 e. The third-order valence-electron chi connectivity index (χ3n) is 2.84. The van der Waals surface area contributed by atoms with Crippen molar-refractivity contribution in [3.05, 3.63) is 0 Å². The molecule has 0 N–H and O–H groups in total. The van der Waals surface area contributed by atoms with E-state index in [4.69, 9.17) is 11.2 Å². The van der Waals surface area contributed by atoms with Gasteiger partial charge in [0.05, 0.1) is 0 Å². The fourth-order valence-electron chi connectivity index (χ4n) is 2.03. The Bertz CT molecular complexity index is 375. The zero-order chi connectivity index (χ0) is 13.9. The normalized spacial score (nSPS) is 21.6.